The molecule has 3 aromatic heterocycles. The molecule has 5 fully saturated rings. The fourth-order valence-corrected chi connectivity index (χ4v) is 7.70. The predicted octanol–water partition coefficient (Wildman–Crippen LogP) is 5.65. The number of rotatable bonds is 10. The fraction of sp³-hybridized carbons (Fsp3) is 0.645. The van der Waals surface area contributed by atoms with E-state index in [1.54, 1.807) is 33.9 Å². The average molecular weight is 598 g/mol. The van der Waals surface area contributed by atoms with Gasteiger partial charge in [0.2, 0.25) is 11.8 Å². The summed E-state index contributed by atoms with van der Waals surface area (Å²) in [6.45, 7) is 3.86. The van der Waals surface area contributed by atoms with Gasteiger partial charge in [0.15, 0.2) is 5.65 Å². The topological polar surface area (TPSA) is 106 Å². The highest BCUT2D eigenvalue weighted by atomic mass is 19.3. The minimum absolute atomic E-state index is 0.0281. The van der Waals surface area contributed by atoms with Crippen molar-refractivity contribution in [2.75, 3.05) is 0 Å². The van der Waals surface area contributed by atoms with Crippen molar-refractivity contribution < 1.29 is 22.8 Å². The van der Waals surface area contributed by atoms with Gasteiger partial charge < -0.3 is 10.6 Å². The SMILES string of the molecule is CC(C)n1nccc1C(=O)N[C@H](c1cn2ncc([C@H](NC(=O)C[C@]34C[C@@](F)(C3)C4)C3CC3)cc2n1)C1CCC(F)(F)CC1. The maximum Gasteiger partial charge on any atom is 0.270 e. The molecule has 2 amide bonds. The molecule has 2 N–H and O–H groups in total. The third-order valence-corrected chi connectivity index (χ3v) is 9.97. The van der Waals surface area contributed by atoms with Crippen LogP contribution in [0.1, 0.15) is 118 Å². The molecule has 0 spiro atoms. The molecule has 230 valence electrons. The van der Waals surface area contributed by atoms with Crippen LogP contribution in [0.25, 0.3) is 5.65 Å². The summed E-state index contributed by atoms with van der Waals surface area (Å²) in [5.74, 6) is -3.00. The van der Waals surface area contributed by atoms with Crippen LogP contribution in [0.3, 0.4) is 0 Å². The van der Waals surface area contributed by atoms with Gasteiger partial charge in [0.05, 0.1) is 30.2 Å². The molecule has 5 aliphatic carbocycles. The van der Waals surface area contributed by atoms with Crippen LogP contribution in [-0.4, -0.2) is 47.8 Å². The first-order chi connectivity index (χ1) is 20.4. The third kappa shape index (κ3) is 5.42. The van der Waals surface area contributed by atoms with Gasteiger partial charge in [-0.3, -0.25) is 14.3 Å². The first-order valence-electron chi connectivity index (χ1n) is 15.5. The van der Waals surface area contributed by atoms with Crippen molar-refractivity contribution >= 4 is 17.5 Å². The highest BCUT2D eigenvalue weighted by Gasteiger charge is 2.69. The molecule has 0 aromatic carbocycles. The summed E-state index contributed by atoms with van der Waals surface area (Å²) in [4.78, 5) is 31.2. The van der Waals surface area contributed by atoms with E-state index in [0.717, 1.165) is 18.4 Å². The Morgan fingerprint density at radius 3 is 2.35 bits per heavy atom. The molecule has 9 nitrogen and oxygen atoms in total. The molecule has 5 aliphatic rings. The predicted molar refractivity (Wildman–Crippen MR) is 151 cm³/mol. The number of carbonyl (C=O) groups is 2. The molecule has 2 atom stereocenters. The maximum absolute atomic E-state index is 14.1. The summed E-state index contributed by atoms with van der Waals surface area (Å²) in [6.07, 6.45) is 8.91. The van der Waals surface area contributed by atoms with Crippen molar-refractivity contribution in [3.63, 3.8) is 0 Å². The number of nitrogens with one attached hydrogen (secondary N) is 2. The highest BCUT2D eigenvalue weighted by Crippen LogP contribution is 2.71. The molecule has 0 unspecified atom stereocenters. The molecule has 3 aromatic rings. The van der Waals surface area contributed by atoms with E-state index in [4.69, 9.17) is 4.98 Å². The van der Waals surface area contributed by atoms with Gasteiger partial charge in [-0.15, -0.1) is 0 Å². The molecule has 5 saturated carbocycles. The number of fused-ring (bicyclic) bond motifs is 1. The molecule has 2 bridgehead atoms. The molecule has 3 heterocycles. The summed E-state index contributed by atoms with van der Waals surface area (Å²) >= 11 is 0. The Balaban J connectivity index is 1.13. The van der Waals surface area contributed by atoms with Gasteiger partial charge >= 0.3 is 0 Å². The van der Waals surface area contributed by atoms with Crippen LogP contribution < -0.4 is 10.6 Å². The summed E-state index contributed by atoms with van der Waals surface area (Å²) in [5, 5.41) is 15.1. The van der Waals surface area contributed by atoms with Gasteiger partial charge in [0, 0.05) is 31.5 Å². The normalized spacial score (nSPS) is 27.8. The van der Waals surface area contributed by atoms with Gasteiger partial charge in [-0.1, -0.05) is 0 Å². The summed E-state index contributed by atoms with van der Waals surface area (Å²) in [7, 11) is 0. The first kappa shape index (κ1) is 28.3. The Morgan fingerprint density at radius 2 is 1.70 bits per heavy atom. The zero-order valence-corrected chi connectivity index (χ0v) is 24.5. The summed E-state index contributed by atoms with van der Waals surface area (Å²) < 4.78 is 45.4. The van der Waals surface area contributed by atoms with Crippen molar-refractivity contribution in [3.05, 3.63) is 47.7 Å². The van der Waals surface area contributed by atoms with Crippen LogP contribution in [0.2, 0.25) is 0 Å². The lowest BCUT2D eigenvalue weighted by molar-refractivity contribution is -0.215. The number of aromatic nitrogens is 5. The lowest BCUT2D eigenvalue weighted by Crippen LogP contribution is -2.65. The Morgan fingerprint density at radius 1 is 1.00 bits per heavy atom. The van der Waals surface area contributed by atoms with Gasteiger partial charge in [-0.05, 0) is 93.7 Å². The quantitative estimate of drug-likeness (QED) is 0.314. The van der Waals surface area contributed by atoms with Crippen molar-refractivity contribution in [2.45, 2.75) is 108 Å². The molecular formula is C31H38F3N7O2. The minimum atomic E-state index is -2.70. The zero-order valence-electron chi connectivity index (χ0n) is 24.5. The Bertz CT molecular complexity index is 1530. The Hall–Kier alpha value is -3.44. The molecule has 0 radical (unpaired) electrons. The van der Waals surface area contributed by atoms with E-state index in [2.05, 4.69) is 20.8 Å². The number of hydrogen-bond donors (Lipinski definition) is 2. The van der Waals surface area contributed by atoms with Crippen LogP contribution in [0, 0.1) is 17.3 Å². The maximum atomic E-state index is 14.1. The Kier molecular flexibility index (Phi) is 6.63. The van der Waals surface area contributed by atoms with Crippen LogP contribution in [0.4, 0.5) is 13.2 Å². The lowest BCUT2D eigenvalue weighted by atomic mass is 9.41. The minimum Gasteiger partial charge on any atom is -0.349 e. The molecule has 0 saturated heterocycles. The zero-order chi connectivity index (χ0) is 30.1. The number of nitrogens with zero attached hydrogens (tertiary/aromatic N) is 5. The third-order valence-electron chi connectivity index (χ3n) is 9.97. The lowest BCUT2D eigenvalue weighted by Gasteiger charge is -2.65. The molecule has 12 heteroatoms. The number of amides is 2. The number of halogens is 3. The number of alkyl halides is 3. The van der Waals surface area contributed by atoms with E-state index in [1.165, 1.54) is 0 Å². The van der Waals surface area contributed by atoms with E-state index >= 15 is 0 Å². The van der Waals surface area contributed by atoms with Gasteiger partial charge in [-0.25, -0.2) is 22.7 Å². The standard InChI is InChI=1S/C31H38F3N7O2/c1-18(2)41-23(7-10-35-41)28(43)39-27(20-5-8-31(33,34)9-6-20)22-14-40-24(37-22)11-21(13-36-40)26(19-3-4-19)38-25(42)12-29-15-30(32,16-29)17-29/h7,10-11,13-14,18-20,26-27H,3-6,8-9,12,15-17H2,1-2H3,(H,38,42)(H,39,43)/t26-,27+,29-,30+/m1/s1. The van der Waals surface area contributed by atoms with E-state index < -0.39 is 17.6 Å². The second-order valence-corrected chi connectivity index (χ2v) is 13.9. The van der Waals surface area contributed by atoms with Gasteiger partial charge in [0.25, 0.3) is 5.91 Å². The van der Waals surface area contributed by atoms with Crippen LogP contribution in [0.5, 0.6) is 0 Å². The first-order valence-corrected chi connectivity index (χ1v) is 15.5. The number of carbonyl (C=O) groups excluding carboxylic acids is 2. The molecular weight excluding hydrogens is 559 g/mol. The Labute approximate surface area is 248 Å². The second-order valence-electron chi connectivity index (χ2n) is 13.9. The monoisotopic (exact) mass is 597 g/mol. The van der Waals surface area contributed by atoms with E-state index in [1.807, 2.05) is 19.9 Å². The fourth-order valence-electron chi connectivity index (χ4n) is 7.70. The van der Waals surface area contributed by atoms with Gasteiger partial charge in [-0.2, -0.15) is 10.2 Å². The van der Waals surface area contributed by atoms with Crippen molar-refractivity contribution in [2.24, 2.45) is 17.3 Å². The number of imidazole rings is 1. The van der Waals surface area contributed by atoms with Crippen molar-refractivity contribution in [1.82, 2.24) is 35.0 Å². The summed E-state index contributed by atoms with van der Waals surface area (Å²) in [5.41, 5.74) is 1.16. The van der Waals surface area contributed by atoms with Crippen LogP contribution in [-0.2, 0) is 4.79 Å². The molecule has 43 heavy (non-hydrogen) atoms. The molecule has 8 rings (SSSR count). The average Bonchev–Trinajstić information content (AvgIpc) is 3.47. The molecule has 0 aliphatic heterocycles. The van der Waals surface area contributed by atoms with E-state index in [-0.39, 0.29) is 60.9 Å². The highest BCUT2D eigenvalue weighted by molar-refractivity contribution is 5.92. The van der Waals surface area contributed by atoms with Crippen molar-refractivity contribution in [1.29, 1.82) is 0 Å². The van der Waals surface area contributed by atoms with Crippen molar-refractivity contribution in [3.8, 4) is 0 Å². The smallest absolute Gasteiger partial charge is 0.270 e. The van der Waals surface area contributed by atoms with Crippen LogP contribution >= 0.6 is 0 Å². The summed E-state index contributed by atoms with van der Waals surface area (Å²) in [6, 6.07) is 2.73. The van der Waals surface area contributed by atoms with Gasteiger partial charge in [0.1, 0.15) is 11.4 Å². The largest absolute Gasteiger partial charge is 0.349 e. The number of hydrogen-bond acceptors (Lipinski definition) is 5. The van der Waals surface area contributed by atoms with E-state index in [9.17, 15) is 22.8 Å². The van der Waals surface area contributed by atoms with Crippen LogP contribution in [0.15, 0.2) is 30.7 Å². The van der Waals surface area contributed by atoms with E-state index in [0.29, 0.717) is 48.6 Å². The second kappa shape index (κ2) is 10.1.